The second-order valence-electron chi connectivity index (χ2n) is 3.81. The Balaban J connectivity index is 2.82. The molecule has 0 aromatic heterocycles. The number of nitrogens with two attached hydrogens (primary N) is 1. The van der Waals surface area contributed by atoms with Crippen LogP contribution in [0, 0.1) is 0 Å². The summed E-state index contributed by atoms with van der Waals surface area (Å²) in [6, 6.07) is 4.49. The minimum atomic E-state index is -2.52. The van der Waals surface area contributed by atoms with Gasteiger partial charge in [0.1, 0.15) is 0 Å². The molecule has 0 aliphatic rings. The van der Waals surface area contributed by atoms with Crippen molar-refractivity contribution in [2.75, 3.05) is 17.6 Å². The van der Waals surface area contributed by atoms with Crippen molar-refractivity contribution in [1.82, 2.24) is 0 Å². The molecule has 0 fully saturated rings. The molecule has 16 heavy (non-hydrogen) atoms. The molecule has 88 valence electrons. The lowest BCUT2D eigenvalue weighted by Gasteiger charge is -2.11. The lowest BCUT2D eigenvalue weighted by Crippen LogP contribution is -2.03. The molecule has 1 rings (SSSR count). The number of rotatable bonds is 4. The van der Waals surface area contributed by atoms with E-state index in [0.717, 1.165) is 5.57 Å². The minimum absolute atomic E-state index is 0.0536. The number of allylic oxidation sites excluding steroid dienone is 1. The topological polar surface area (TPSA) is 38.0 Å². The summed E-state index contributed by atoms with van der Waals surface area (Å²) in [6.07, 6.45) is -0.580. The molecule has 1 aromatic rings. The molecule has 0 amide bonds. The molecule has 0 bridgehead atoms. The van der Waals surface area contributed by atoms with Gasteiger partial charge in [0.25, 0.3) is 6.43 Å². The summed E-state index contributed by atoms with van der Waals surface area (Å²) in [5.41, 5.74) is 7.34. The Kier molecular flexibility index (Phi) is 4.28. The Morgan fingerprint density at radius 1 is 1.44 bits per heavy atom. The van der Waals surface area contributed by atoms with Crippen molar-refractivity contribution < 1.29 is 8.78 Å². The van der Waals surface area contributed by atoms with Crippen LogP contribution in [0.3, 0.4) is 0 Å². The van der Waals surface area contributed by atoms with Crippen LogP contribution in [0.25, 0.3) is 0 Å². The molecule has 0 unspecified atom stereocenters. The van der Waals surface area contributed by atoms with Gasteiger partial charge in [-0.25, -0.2) is 8.78 Å². The van der Waals surface area contributed by atoms with Crippen LogP contribution in [0.4, 0.5) is 20.2 Å². The van der Waals surface area contributed by atoms with Gasteiger partial charge < -0.3 is 11.1 Å². The summed E-state index contributed by atoms with van der Waals surface area (Å²) in [4.78, 5) is 0. The van der Waals surface area contributed by atoms with Crippen LogP contribution in [0.5, 0.6) is 0 Å². The molecule has 1 aromatic carbocycles. The first-order valence-corrected chi connectivity index (χ1v) is 5.05. The SMILES string of the molecule is CC(C)=CCNc1ccc(N)cc1C(F)F. The number of hydrogen-bond donors (Lipinski definition) is 2. The van der Waals surface area contributed by atoms with Crippen LogP contribution in [0.1, 0.15) is 25.8 Å². The fraction of sp³-hybridized carbons (Fsp3) is 0.333. The highest BCUT2D eigenvalue weighted by molar-refractivity contribution is 5.58. The molecule has 4 heteroatoms. The second kappa shape index (κ2) is 5.49. The third-order valence-electron chi connectivity index (χ3n) is 2.11. The molecule has 0 heterocycles. The monoisotopic (exact) mass is 226 g/mol. The molecular weight excluding hydrogens is 210 g/mol. The van der Waals surface area contributed by atoms with Crippen LogP contribution >= 0.6 is 0 Å². The molecule has 2 nitrogen and oxygen atoms in total. The van der Waals surface area contributed by atoms with Crippen molar-refractivity contribution in [3.63, 3.8) is 0 Å². The summed E-state index contributed by atoms with van der Waals surface area (Å²) < 4.78 is 25.4. The average molecular weight is 226 g/mol. The van der Waals surface area contributed by atoms with E-state index >= 15 is 0 Å². The van der Waals surface area contributed by atoms with Crippen molar-refractivity contribution >= 4 is 11.4 Å². The number of anilines is 2. The van der Waals surface area contributed by atoms with Gasteiger partial charge >= 0.3 is 0 Å². The van der Waals surface area contributed by atoms with E-state index in [1.165, 1.54) is 6.07 Å². The van der Waals surface area contributed by atoms with Gasteiger partial charge in [-0.1, -0.05) is 11.6 Å². The van der Waals surface area contributed by atoms with E-state index in [2.05, 4.69) is 5.32 Å². The zero-order chi connectivity index (χ0) is 12.1. The molecule has 0 aliphatic carbocycles. The van der Waals surface area contributed by atoms with Crippen LogP contribution in [-0.4, -0.2) is 6.54 Å². The van der Waals surface area contributed by atoms with Gasteiger partial charge in [-0.3, -0.25) is 0 Å². The first kappa shape index (κ1) is 12.5. The van der Waals surface area contributed by atoms with E-state index in [0.29, 0.717) is 17.9 Å². The highest BCUT2D eigenvalue weighted by Gasteiger charge is 2.12. The van der Waals surface area contributed by atoms with E-state index < -0.39 is 6.43 Å². The molecule has 0 spiro atoms. The largest absolute Gasteiger partial charge is 0.399 e. The number of nitrogen functional groups attached to an aromatic ring is 1. The highest BCUT2D eigenvalue weighted by Crippen LogP contribution is 2.28. The minimum Gasteiger partial charge on any atom is -0.399 e. The third kappa shape index (κ3) is 3.53. The maximum absolute atomic E-state index is 12.7. The van der Waals surface area contributed by atoms with Gasteiger partial charge in [-0.05, 0) is 32.0 Å². The normalized spacial score (nSPS) is 10.3. The third-order valence-corrected chi connectivity index (χ3v) is 2.11. The van der Waals surface area contributed by atoms with Gasteiger partial charge in [0.2, 0.25) is 0 Å². The fourth-order valence-corrected chi connectivity index (χ4v) is 1.29. The lowest BCUT2D eigenvalue weighted by molar-refractivity contribution is 0.152. The predicted octanol–water partition coefficient (Wildman–Crippen LogP) is 3.58. The molecule has 0 saturated carbocycles. The number of benzene rings is 1. The Labute approximate surface area is 94.2 Å². The zero-order valence-electron chi connectivity index (χ0n) is 9.43. The van der Waals surface area contributed by atoms with Gasteiger partial charge in [0.15, 0.2) is 0 Å². The van der Waals surface area contributed by atoms with E-state index in [1.807, 2.05) is 19.9 Å². The van der Waals surface area contributed by atoms with Crippen LogP contribution < -0.4 is 11.1 Å². The zero-order valence-corrected chi connectivity index (χ0v) is 9.43. The van der Waals surface area contributed by atoms with E-state index in [4.69, 9.17) is 5.73 Å². The summed E-state index contributed by atoms with van der Waals surface area (Å²) in [5, 5.41) is 2.94. The standard InChI is InChI=1S/C12H16F2N2/c1-8(2)5-6-16-11-4-3-9(15)7-10(11)12(13)14/h3-5,7,12,16H,6,15H2,1-2H3. The van der Waals surface area contributed by atoms with Crippen molar-refractivity contribution in [2.24, 2.45) is 0 Å². The number of halogens is 2. The van der Waals surface area contributed by atoms with E-state index in [1.54, 1.807) is 12.1 Å². The highest BCUT2D eigenvalue weighted by atomic mass is 19.3. The number of alkyl halides is 2. The van der Waals surface area contributed by atoms with Gasteiger partial charge in [0.05, 0.1) is 0 Å². The second-order valence-corrected chi connectivity index (χ2v) is 3.81. The van der Waals surface area contributed by atoms with Crippen LogP contribution in [0.15, 0.2) is 29.8 Å². The van der Waals surface area contributed by atoms with Crippen LogP contribution in [0.2, 0.25) is 0 Å². The van der Waals surface area contributed by atoms with Crippen LogP contribution in [-0.2, 0) is 0 Å². The summed E-state index contributed by atoms with van der Waals surface area (Å²) in [7, 11) is 0. The predicted molar refractivity (Wildman–Crippen MR) is 63.7 cm³/mol. The molecule has 3 N–H and O–H groups in total. The van der Waals surface area contributed by atoms with Gasteiger partial charge in [-0.15, -0.1) is 0 Å². The van der Waals surface area contributed by atoms with Crippen molar-refractivity contribution in [2.45, 2.75) is 20.3 Å². The fourth-order valence-electron chi connectivity index (χ4n) is 1.29. The Morgan fingerprint density at radius 3 is 2.69 bits per heavy atom. The smallest absolute Gasteiger partial charge is 0.265 e. The Hall–Kier alpha value is -1.58. The first-order chi connectivity index (χ1) is 7.50. The van der Waals surface area contributed by atoms with E-state index in [9.17, 15) is 8.78 Å². The lowest BCUT2D eigenvalue weighted by atomic mass is 10.1. The maximum Gasteiger partial charge on any atom is 0.265 e. The summed E-state index contributed by atoms with van der Waals surface area (Å²) in [5.74, 6) is 0. The quantitative estimate of drug-likeness (QED) is 0.608. The number of nitrogens with one attached hydrogen (secondary N) is 1. The molecule has 0 saturated heterocycles. The van der Waals surface area contributed by atoms with Crippen molar-refractivity contribution in [3.8, 4) is 0 Å². The maximum atomic E-state index is 12.7. The van der Waals surface area contributed by atoms with E-state index in [-0.39, 0.29) is 5.56 Å². The van der Waals surface area contributed by atoms with Gasteiger partial charge in [0, 0.05) is 23.5 Å². The molecular formula is C12H16F2N2. The number of hydrogen-bond acceptors (Lipinski definition) is 2. The molecule has 0 aliphatic heterocycles. The van der Waals surface area contributed by atoms with Crippen molar-refractivity contribution in [1.29, 1.82) is 0 Å². The molecule has 0 atom stereocenters. The van der Waals surface area contributed by atoms with Crippen molar-refractivity contribution in [3.05, 3.63) is 35.4 Å². The first-order valence-electron chi connectivity index (χ1n) is 5.05. The van der Waals surface area contributed by atoms with Gasteiger partial charge in [-0.2, -0.15) is 0 Å². The summed E-state index contributed by atoms with van der Waals surface area (Å²) >= 11 is 0. The molecule has 0 radical (unpaired) electrons. The Bertz CT molecular complexity index is 383. The Morgan fingerprint density at radius 2 is 2.12 bits per heavy atom. The summed E-state index contributed by atoms with van der Waals surface area (Å²) in [6.45, 7) is 4.45. The average Bonchev–Trinajstić information content (AvgIpc) is 2.19.